The molecule has 42 heavy (non-hydrogen) atoms. The highest BCUT2D eigenvalue weighted by Crippen LogP contribution is 2.26. The molecule has 0 radical (unpaired) electrons. The SMILES string of the molecule is COc1ccc(CN(NC(=O)[C@H](CC(C)C)[C@H](C/C=C/c2ccccc2)C(=O)NOC2CCCCO2)S(C)(=O)=O)cc1. The molecule has 11 heteroatoms. The van der Waals surface area contributed by atoms with E-state index in [1.54, 1.807) is 31.4 Å². The molecule has 0 aromatic heterocycles. The van der Waals surface area contributed by atoms with Crippen LogP contribution in [0.4, 0.5) is 0 Å². The Morgan fingerprint density at radius 2 is 1.76 bits per heavy atom. The van der Waals surface area contributed by atoms with E-state index in [1.165, 1.54) is 0 Å². The minimum atomic E-state index is -3.85. The molecular formula is C31H43N3O7S. The van der Waals surface area contributed by atoms with Crippen molar-refractivity contribution in [2.75, 3.05) is 20.0 Å². The van der Waals surface area contributed by atoms with Crippen molar-refractivity contribution < 1.29 is 32.3 Å². The number of ether oxygens (including phenoxy) is 2. The summed E-state index contributed by atoms with van der Waals surface area (Å²) in [6.07, 6.45) is 7.32. The number of sulfonamides is 1. The standard InChI is InChI=1S/C31H43N3O7S/c1-23(2)21-28(30(35)32-34(42(4,37)38)22-25-16-18-26(39-3)19-17-25)27(14-10-13-24-11-6-5-7-12-24)31(36)33-41-29-15-8-9-20-40-29/h5-7,10-13,16-19,23,27-29H,8-9,14-15,20-22H2,1-4H3,(H,32,35)(H,33,36)/b13-10+/t27-,28+,29?/m0/s1. The van der Waals surface area contributed by atoms with Crippen LogP contribution in [0.25, 0.3) is 6.08 Å². The van der Waals surface area contributed by atoms with Crippen LogP contribution in [0.15, 0.2) is 60.7 Å². The Kier molecular flexibility index (Phi) is 13.0. The molecule has 10 nitrogen and oxygen atoms in total. The average Bonchev–Trinajstić information content (AvgIpc) is 2.97. The minimum Gasteiger partial charge on any atom is -0.497 e. The highest BCUT2D eigenvalue weighted by Gasteiger charge is 2.36. The van der Waals surface area contributed by atoms with Crippen LogP contribution in [0.2, 0.25) is 0 Å². The first-order valence-corrected chi connectivity index (χ1v) is 16.1. The molecule has 1 aliphatic heterocycles. The Hall–Kier alpha value is -3.25. The lowest BCUT2D eigenvalue weighted by Crippen LogP contribution is -2.50. The summed E-state index contributed by atoms with van der Waals surface area (Å²) in [4.78, 5) is 32.9. The van der Waals surface area contributed by atoms with E-state index in [-0.39, 0.29) is 18.9 Å². The normalized spacial score (nSPS) is 17.2. The summed E-state index contributed by atoms with van der Waals surface area (Å²) >= 11 is 0. The largest absolute Gasteiger partial charge is 0.497 e. The summed E-state index contributed by atoms with van der Waals surface area (Å²) in [5.74, 6) is -2.04. The summed E-state index contributed by atoms with van der Waals surface area (Å²) in [5, 5.41) is 0. The third-order valence-electron chi connectivity index (χ3n) is 6.93. The maximum Gasteiger partial charge on any atom is 0.247 e. The van der Waals surface area contributed by atoms with Gasteiger partial charge < -0.3 is 9.47 Å². The summed E-state index contributed by atoms with van der Waals surface area (Å²) in [6.45, 7) is 4.37. The second-order valence-electron chi connectivity index (χ2n) is 10.9. The number of nitrogens with one attached hydrogen (secondary N) is 2. The number of rotatable bonds is 15. The Morgan fingerprint density at radius 1 is 1.05 bits per heavy atom. The van der Waals surface area contributed by atoms with Crippen LogP contribution >= 0.6 is 0 Å². The molecule has 1 unspecified atom stereocenters. The van der Waals surface area contributed by atoms with Crippen molar-refractivity contribution in [2.45, 2.75) is 58.8 Å². The van der Waals surface area contributed by atoms with Gasteiger partial charge in [-0.25, -0.2) is 18.7 Å². The number of hydrogen-bond donors (Lipinski definition) is 2. The zero-order chi connectivity index (χ0) is 30.5. The fourth-order valence-corrected chi connectivity index (χ4v) is 5.32. The molecular weight excluding hydrogens is 558 g/mol. The number of hydrazine groups is 1. The van der Waals surface area contributed by atoms with E-state index < -0.39 is 40.0 Å². The van der Waals surface area contributed by atoms with Gasteiger partial charge in [-0.2, -0.15) is 0 Å². The van der Waals surface area contributed by atoms with E-state index in [9.17, 15) is 18.0 Å². The van der Waals surface area contributed by atoms with E-state index in [1.807, 2.05) is 56.3 Å². The topological polar surface area (TPSA) is 123 Å². The van der Waals surface area contributed by atoms with E-state index in [4.69, 9.17) is 14.3 Å². The molecule has 2 aromatic carbocycles. The van der Waals surface area contributed by atoms with Crippen molar-refractivity contribution in [1.29, 1.82) is 0 Å². The molecule has 0 aliphatic carbocycles. The van der Waals surface area contributed by atoms with Crippen LogP contribution in [0.3, 0.4) is 0 Å². The van der Waals surface area contributed by atoms with Crippen LogP contribution in [-0.4, -0.2) is 50.9 Å². The van der Waals surface area contributed by atoms with E-state index in [0.717, 1.165) is 29.1 Å². The molecule has 0 spiro atoms. The highest BCUT2D eigenvalue weighted by atomic mass is 32.2. The van der Waals surface area contributed by atoms with Gasteiger partial charge in [0.15, 0.2) is 6.29 Å². The van der Waals surface area contributed by atoms with Gasteiger partial charge in [-0.1, -0.05) is 68.5 Å². The second-order valence-corrected chi connectivity index (χ2v) is 12.8. The first-order valence-electron chi connectivity index (χ1n) is 14.3. The predicted octanol–water partition coefficient (Wildman–Crippen LogP) is 4.44. The third-order valence-corrected chi connectivity index (χ3v) is 7.95. The maximum atomic E-state index is 13.8. The van der Waals surface area contributed by atoms with Crippen molar-refractivity contribution in [2.24, 2.45) is 17.8 Å². The Labute approximate surface area is 249 Å². The molecule has 0 saturated carbocycles. The lowest BCUT2D eigenvalue weighted by atomic mass is 9.82. The van der Waals surface area contributed by atoms with Gasteiger partial charge in [0, 0.05) is 13.0 Å². The molecule has 0 bridgehead atoms. The number of hydroxylamine groups is 1. The molecule has 2 amide bonds. The van der Waals surface area contributed by atoms with Gasteiger partial charge in [0.1, 0.15) is 5.75 Å². The third kappa shape index (κ3) is 10.9. The van der Waals surface area contributed by atoms with Crippen LogP contribution in [-0.2, 0) is 35.7 Å². The first-order chi connectivity index (χ1) is 20.1. The molecule has 2 aromatic rings. The smallest absolute Gasteiger partial charge is 0.247 e. The molecule has 230 valence electrons. The lowest BCUT2D eigenvalue weighted by molar-refractivity contribution is -0.203. The molecule has 2 N–H and O–H groups in total. The minimum absolute atomic E-state index is 0.0463. The van der Waals surface area contributed by atoms with Crippen LogP contribution in [0.1, 0.15) is 57.1 Å². The van der Waals surface area contributed by atoms with Gasteiger partial charge in [-0.05, 0) is 54.9 Å². The fourth-order valence-electron chi connectivity index (χ4n) is 4.68. The van der Waals surface area contributed by atoms with Gasteiger partial charge in [-0.3, -0.25) is 15.0 Å². The Bertz CT molecular complexity index is 1260. The van der Waals surface area contributed by atoms with Gasteiger partial charge in [0.05, 0.1) is 31.7 Å². The van der Waals surface area contributed by atoms with Crippen LogP contribution in [0, 0.1) is 17.8 Å². The number of nitrogens with zero attached hydrogens (tertiary/aromatic N) is 1. The van der Waals surface area contributed by atoms with Crippen molar-refractivity contribution in [3.05, 3.63) is 71.8 Å². The summed E-state index contributed by atoms with van der Waals surface area (Å²) < 4.78 is 37.1. The zero-order valence-electron chi connectivity index (χ0n) is 24.8. The molecule has 3 rings (SSSR count). The van der Waals surface area contributed by atoms with E-state index in [0.29, 0.717) is 30.8 Å². The lowest BCUT2D eigenvalue weighted by Gasteiger charge is -2.30. The molecule has 1 fully saturated rings. The van der Waals surface area contributed by atoms with Crippen LogP contribution < -0.4 is 15.6 Å². The number of benzene rings is 2. The molecule has 3 atom stereocenters. The Morgan fingerprint density at radius 3 is 2.36 bits per heavy atom. The van der Waals surface area contributed by atoms with Gasteiger partial charge in [0.2, 0.25) is 21.8 Å². The van der Waals surface area contributed by atoms with Crippen molar-refractivity contribution in [1.82, 2.24) is 15.3 Å². The summed E-state index contributed by atoms with van der Waals surface area (Å²) in [6, 6.07) is 16.5. The van der Waals surface area contributed by atoms with Gasteiger partial charge in [0.25, 0.3) is 0 Å². The monoisotopic (exact) mass is 601 g/mol. The van der Waals surface area contributed by atoms with Crippen molar-refractivity contribution in [3.63, 3.8) is 0 Å². The predicted molar refractivity (Wildman–Crippen MR) is 161 cm³/mol. The summed E-state index contributed by atoms with van der Waals surface area (Å²) in [7, 11) is -2.30. The van der Waals surface area contributed by atoms with E-state index in [2.05, 4.69) is 10.9 Å². The van der Waals surface area contributed by atoms with Crippen LogP contribution in [0.5, 0.6) is 5.75 Å². The number of carbonyl (C=O) groups is 2. The first kappa shape index (κ1) is 33.3. The average molecular weight is 602 g/mol. The van der Waals surface area contributed by atoms with Gasteiger partial charge in [-0.15, -0.1) is 4.41 Å². The number of carbonyl (C=O) groups excluding carboxylic acids is 2. The second kappa shape index (κ2) is 16.4. The fraction of sp³-hybridized carbons (Fsp3) is 0.484. The van der Waals surface area contributed by atoms with Gasteiger partial charge >= 0.3 is 0 Å². The molecule has 1 saturated heterocycles. The number of hydrogen-bond acceptors (Lipinski definition) is 7. The quantitative estimate of drug-likeness (QED) is 0.289. The van der Waals surface area contributed by atoms with Crippen molar-refractivity contribution >= 4 is 27.9 Å². The zero-order valence-corrected chi connectivity index (χ0v) is 25.6. The number of methoxy groups -OCH3 is 1. The number of allylic oxidation sites excluding steroid dienone is 1. The molecule has 1 aliphatic rings. The Balaban J connectivity index is 1.84. The van der Waals surface area contributed by atoms with Crippen molar-refractivity contribution in [3.8, 4) is 5.75 Å². The summed E-state index contributed by atoms with van der Waals surface area (Å²) in [5.41, 5.74) is 6.73. The number of amides is 2. The maximum absolute atomic E-state index is 13.8. The highest BCUT2D eigenvalue weighted by molar-refractivity contribution is 7.88. The molecule has 1 heterocycles. The van der Waals surface area contributed by atoms with E-state index >= 15 is 0 Å².